The zero-order valence-corrected chi connectivity index (χ0v) is 10.2. The number of ether oxygens (including phenoxy) is 1. The summed E-state index contributed by atoms with van der Waals surface area (Å²) in [7, 11) is 0. The molecule has 0 saturated carbocycles. The molecule has 0 heterocycles. The second kappa shape index (κ2) is 7.70. The van der Waals surface area contributed by atoms with Gasteiger partial charge in [0.25, 0.3) is 0 Å². The summed E-state index contributed by atoms with van der Waals surface area (Å²) >= 11 is 0. The standard InChI is InChI=1S/C8H15NO2.C2HF3O2/c1-4-11-7(10)5-6-8(2,3)9;3-2(4,5)1(6)7/h5-6H,4,9H2,1-3H3;(H,6,7). The topological polar surface area (TPSA) is 89.6 Å². The zero-order valence-electron chi connectivity index (χ0n) is 10.2. The highest BCUT2D eigenvalue weighted by atomic mass is 19.4. The summed E-state index contributed by atoms with van der Waals surface area (Å²) < 4.78 is 36.4. The number of carboxylic acid groups (broad SMARTS) is 1. The number of rotatable bonds is 3. The van der Waals surface area contributed by atoms with E-state index in [1.807, 2.05) is 13.8 Å². The third-order valence-electron chi connectivity index (χ3n) is 1.18. The Kier molecular flexibility index (Phi) is 8.03. The zero-order chi connectivity index (χ0) is 15.0. The van der Waals surface area contributed by atoms with Crippen LogP contribution in [0.3, 0.4) is 0 Å². The van der Waals surface area contributed by atoms with Crippen molar-refractivity contribution in [2.24, 2.45) is 5.73 Å². The molecule has 0 fully saturated rings. The summed E-state index contributed by atoms with van der Waals surface area (Å²) in [5.41, 5.74) is 5.13. The van der Waals surface area contributed by atoms with Crippen molar-refractivity contribution in [1.82, 2.24) is 0 Å². The van der Waals surface area contributed by atoms with E-state index >= 15 is 0 Å². The van der Waals surface area contributed by atoms with Crippen molar-refractivity contribution >= 4 is 11.9 Å². The highest BCUT2D eigenvalue weighted by Gasteiger charge is 2.38. The van der Waals surface area contributed by atoms with Crippen LogP contribution in [0.25, 0.3) is 0 Å². The van der Waals surface area contributed by atoms with Crippen LogP contribution in [0, 0.1) is 0 Å². The Morgan fingerprint density at radius 3 is 1.94 bits per heavy atom. The van der Waals surface area contributed by atoms with Gasteiger partial charge < -0.3 is 15.6 Å². The minimum Gasteiger partial charge on any atom is -0.475 e. The van der Waals surface area contributed by atoms with E-state index in [4.69, 9.17) is 15.6 Å². The second-order valence-corrected chi connectivity index (χ2v) is 3.71. The molecule has 0 aromatic carbocycles. The van der Waals surface area contributed by atoms with Gasteiger partial charge in [-0.2, -0.15) is 13.2 Å². The summed E-state index contributed by atoms with van der Waals surface area (Å²) in [6.45, 7) is 5.78. The number of carboxylic acids is 1. The van der Waals surface area contributed by atoms with E-state index in [2.05, 4.69) is 4.74 Å². The van der Waals surface area contributed by atoms with Crippen LogP contribution >= 0.6 is 0 Å². The van der Waals surface area contributed by atoms with E-state index in [9.17, 15) is 18.0 Å². The number of hydrogen-bond donors (Lipinski definition) is 2. The fraction of sp³-hybridized carbons (Fsp3) is 0.600. The molecule has 0 unspecified atom stereocenters. The van der Waals surface area contributed by atoms with Crippen molar-refractivity contribution in [3.63, 3.8) is 0 Å². The molecule has 0 amide bonds. The summed E-state index contributed by atoms with van der Waals surface area (Å²) in [4.78, 5) is 19.6. The van der Waals surface area contributed by atoms with Crippen LogP contribution in [0.1, 0.15) is 20.8 Å². The summed E-state index contributed by atoms with van der Waals surface area (Å²) in [6.07, 6.45) is -2.12. The molecule has 8 heteroatoms. The molecule has 0 saturated heterocycles. The lowest BCUT2D eigenvalue weighted by Gasteiger charge is -2.10. The van der Waals surface area contributed by atoms with Gasteiger partial charge in [0.05, 0.1) is 6.61 Å². The van der Waals surface area contributed by atoms with Crippen molar-refractivity contribution in [3.05, 3.63) is 12.2 Å². The van der Waals surface area contributed by atoms with Gasteiger partial charge >= 0.3 is 18.1 Å². The smallest absolute Gasteiger partial charge is 0.475 e. The quantitative estimate of drug-likeness (QED) is 0.599. The molecule has 106 valence electrons. The Bertz CT molecular complexity index is 305. The predicted molar refractivity (Wildman–Crippen MR) is 57.7 cm³/mol. The van der Waals surface area contributed by atoms with E-state index in [1.54, 1.807) is 13.0 Å². The Labute approximate surface area is 102 Å². The van der Waals surface area contributed by atoms with Crippen LogP contribution in [0.15, 0.2) is 12.2 Å². The maximum absolute atomic E-state index is 10.7. The molecule has 0 spiro atoms. The lowest BCUT2D eigenvalue weighted by molar-refractivity contribution is -0.192. The van der Waals surface area contributed by atoms with Crippen molar-refractivity contribution < 1.29 is 32.6 Å². The Morgan fingerprint density at radius 1 is 1.33 bits per heavy atom. The van der Waals surface area contributed by atoms with Crippen LogP contribution in [0.2, 0.25) is 0 Å². The SMILES string of the molecule is CCOC(=O)C=CC(C)(C)N.O=C(O)C(F)(F)F. The number of carbonyl (C=O) groups is 2. The molecule has 0 atom stereocenters. The first-order valence-electron chi connectivity index (χ1n) is 4.85. The molecule has 0 bridgehead atoms. The maximum Gasteiger partial charge on any atom is 0.490 e. The molecule has 18 heavy (non-hydrogen) atoms. The first kappa shape index (κ1) is 18.8. The van der Waals surface area contributed by atoms with Crippen LogP contribution in [-0.4, -0.2) is 35.4 Å². The number of carbonyl (C=O) groups excluding carboxylic acids is 1. The minimum absolute atomic E-state index is 0.342. The van der Waals surface area contributed by atoms with E-state index in [1.165, 1.54) is 6.08 Å². The molecule has 0 aromatic rings. The average Bonchev–Trinajstić information content (AvgIpc) is 2.13. The summed E-state index contributed by atoms with van der Waals surface area (Å²) in [5, 5.41) is 7.12. The van der Waals surface area contributed by atoms with Gasteiger partial charge in [-0.05, 0) is 20.8 Å². The molecule has 0 aliphatic carbocycles. The lowest BCUT2D eigenvalue weighted by Crippen LogP contribution is -2.29. The van der Waals surface area contributed by atoms with Crippen molar-refractivity contribution in [2.45, 2.75) is 32.5 Å². The molecule has 0 aromatic heterocycles. The summed E-state index contributed by atoms with van der Waals surface area (Å²) in [6, 6.07) is 0. The molecule has 5 nitrogen and oxygen atoms in total. The summed E-state index contributed by atoms with van der Waals surface area (Å²) in [5.74, 6) is -3.10. The van der Waals surface area contributed by atoms with Crippen LogP contribution in [0.4, 0.5) is 13.2 Å². The van der Waals surface area contributed by atoms with E-state index in [0.29, 0.717) is 6.61 Å². The number of esters is 1. The highest BCUT2D eigenvalue weighted by molar-refractivity contribution is 5.82. The first-order chi connectivity index (χ1) is 7.90. The molecular formula is C10H16F3NO4. The van der Waals surface area contributed by atoms with E-state index in [0.717, 1.165) is 0 Å². The predicted octanol–water partition coefficient (Wildman–Crippen LogP) is 1.48. The molecule has 3 N–H and O–H groups in total. The minimum atomic E-state index is -5.08. The van der Waals surface area contributed by atoms with Crippen molar-refractivity contribution in [2.75, 3.05) is 6.61 Å². The first-order valence-corrected chi connectivity index (χ1v) is 4.85. The van der Waals surface area contributed by atoms with Crippen LogP contribution in [0.5, 0.6) is 0 Å². The molecular weight excluding hydrogens is 255 g/mol. The van der Waals surface area contributed by atoms with Gasteiger partial charge in [-0.3, -0.25) is 0 Å². The van der Waals surface area contributed by atoms with Gasteiger partial charge in [0, 0.05) is 11.6 Å². The number of nitrogens with two attached hydrogens (primary N) is 1. The fourth-order valence-electron chi connectivity index (χ4n) is 0.473. The maximum atomic E-state index is 10.7. The molecule has 0 aliphatic rings. The average molecular weight is 271 g/mol. The molecule has 0 aliphatic heterocycles. The number of halogens is 3. The number of alkyl halides is 3. The number of aliphatic carboxylic acids is 1. The monoisotopic (exact) mass is 271 g/mol. The Morgan fingerprint density at radius 2 is 1.72 bits per heavy atom. The van der Waals surface area contributed by atoms with Gasteiger partial charge in [-0.25, -0.2) is 9.59 Å². The Balaban J connectivity index is 0. The van der Waals surface area contributed by atoms with Crippen molar-refractivity contribution in [3.8, 4) is 0 Å². The normalized spacial score (nSPS) is 11.7. The molecule has 0 radical (unpaired) electrons. The Hall–Kier alpha value is -1.57. The fourth-order valence-corrected chi connectivity index (χ4v) is 0.473. The van der Waals surface area contributed by atoms with Gasteiger partial charge in [0.15, 0.2) is 0 Å². The third-order valence-corrected chi connectivity index (χ3v) is 1.18. The van der Waals surface area contributed by atoms with Crippen LogP contribution < -0.4 is 5.73 Å². The lowest BCUT2D eigenvalue weighted by atomic mass is 10.1. The van der Waals surface area contributed by atoms with Gasteiger partial charge in [0.2, 0.25) is 0 Å². The second-order valence-electron chi connectivity index (χ2n) is 3.71. The van der Waals surface area contributed by atoms with Gasteiger partial charge in [-0.15, -0.1) is 0 Å². The molecule has 0 rings (SSSR count). The van der Waals surface area contributed by atoms with Gasteiger partial charge in [0.1, 0.15) is 0 Å². The van der Waals surface area contributed by atoms with Crippen molar-refractivity contribution in [1.29, 1.82) is 0 Å². The van der Waals surface area contributed by atoms with E-state index in [-0.39, 0.29) is 5.97 Å². The third kappa shape index (κ3) is 14.4. The van der Waals surface area contributed by atoms with Crippen LogP contribution in [-0.2, 0) is 14.3 Å². The largest absolute Gasteiger partial charge is 0.490 e. The van der Waals surface area contributed by atoms with Gasteiger partial charge in [-0.1, -0.05) is 6.08 Å². The number of hydrogen-bond acceptors (Lipinski definition) is 4. The van der Waals surface area contributed by atoms with E-state index < -0.39 is 17.7 Å². The highest BCUT2D eigenvalue weighted by Crippen LogP contribution is 2.13.